The second kappa shape index (κ2) is 6.26. The SMILES string of the molecule is CCOC(=O)c1cn(-c2cccc(-c3ccccc3)c2)cn1. The Bertz CT molecular complexity index is 779. The van der Waals surface area contributed by atoms with E-state index in [1.54, 1.807) is 19.4 Å². The molecule has 0 aliphatic heterocycles. The molecule has 110 valence electrons. The lowest BCUT2D eigenvalue weighted by Gasteiger charge is -2.06. The minimum absolute atomic E-state index is 0.312. The Labute approximate surface area is 129 Å². The highest BCUT2D eigenvalue weighted by molar-refractivity contribution is 5.87. The number of aromatic nitrogens is 2. The van der Waals surface area contributed by atoms with Crippen molar-refractivity contribution in [3.8, 4) is 16.8 Å². The average molecular weight is 292 g/mol. The molecule has 1 aromatic heterocycles. The minimum atomic E-state index is -0.402. The third kappa shape index (κ3) is 2.91. The van der Waals surface area contributed by atoms with Crippen LogP contribution in [-0.2, 0) is 4.74 Å². The number of hydrogen-bond acceptors (Lipinski definition) is 3. The molecule has 4 nitrogen and oxygen atoms in total. The number of carbonyl (C=O) groups is 1. The first-order valence-corrected chi connectivity index (χ1v) is 7.15. The van der Waals surface area contributed by atoms with Crippen LogP contribution in [0.2, 0.25) is 0 Å². The molecule has 0 bridgehead atoms. The van der Waals surface area contributed by atoms with Gasteiger partial charge in [-0.3, -0.25) is 0 Å². The molecule has 0 saturated carbocycles. The van der Waals surface area contributed by atoms with Gasteiger partial charge in [-0.2, -0.15) is 0 Å². The van der Waals surface area contributed by atoms with E-state index in [9.17, 15) is 4.79 Å². The summed E-state index contributed by atoms with van der Waals surface area (Å²) in [5.74, 6) is -0.402. The van der Waals surface area contributed by atoms with Gasteiger partial charge < -0.3 is 9.30 Å². The molecule has 0 aliphatic carbocycles. The summed E-state index contributed by atoms with van der Waals surface area (Å²) in [6.45, 7) is 2.12. The van der Waals surface area contributed by atoms with Crippen molar-refractivity contribution in [1.29, 1.82) is 0 Å². The van der Waals surface area contributed by atoms with Gasteiger partial charge in [-0.1, -0.05) is 42.5 Å². The standard InChI is InChI=1S/C18H16N2O2/c1-2-22-18(21)17-12-20(13-19-17)16-10-6-9-15(11-16)14-7-4-3-5-8-14/h3-13H,2H2,1H3. The second-order valence-corrected chi connectivity index (χ2v) is 4.80. The van der Waals surface area contributed by atoms with Gasteiger partial charge in [0.05, 0.1) is 6.61 Å². The molecule has 0 fully saturated rings. The number of benzene rings is 2. The molecule has 0 spiro atoms. The molecule has 3 rings (SSSR count). The summed E-state index contributed by atoms with van der Waals surface area (Å²) in [7, 11) is 0. The van der Waals surface area contributed by atoms with E-state index in [0.717, 1.165) is 16.8 Å². The van der Waals surface area contributed by atoms with Crippen LogP contribution >= 0.6 is 0 Å². The molecule has 1 heterocycles. The summed E-state index contributed by atoms with van der Waals surface area (Å²) in [5.41, 5.74) is 3.52. The summed E-state index contributed by atoms with van der Waals surface area (Å²) < 4.78 is 6.77. The van der Waals surface area contributed by atoms with Gasteiger partial charge in [0.1, 0.15) is 6.33 Å². The molecule has 0 saturated heterocycles. The average Bonchev–Trinajstić information content (AvgIpc) is 3.06. The monoisotopic (exact) mass is 292 g/mol. The molecule has 0 atom stereocenters. The summed E-state index contributed by atoms with van der Waals surface area (Å²) >= 11 is 0. The van der Waals surface area contributed by atoms with Gasteiger partial charge in [0, 0.05) is 11.9 Å². The molecule has 3 aromatic rings. The van der Waals surface area contributed by atoms with E-state index in [1.807, 2.05) is 34.9 Å². The Morgan fingerprint density at radius 1 is 1.09 bits per heavy atom. The number of ether oxygens (including phenoxy) is 1. The Morgan fingerprint density at radius 3 is 2.64 bits per heavy atom. The van der Waals surface area contributed by atoms with E-state index >= 15 is 0 Å². The fraction of sp³-hybridized carbons (Fsp3) is 0.111. The maximum atomic E-state index is 11.7. The highest BCUT2D eigenvalue weighted by Crippen LogP contribution is 2.22. The van der Waals surface area contributed by atoms with E-state index in [4.69, 9.17) is 4.74 Å². The van der Waals surface area contributed by atoms with Crippen LogP contribution in [0.1, 0.15) is 17.4 Å². The molecule has 22 heavy (non-hydrogen) atoms. The van der Waals surface area contributed by atoms with Crippen LogP contribution < -0.4 is 0 Å². The van der Waals surface area contributed by atoms with Crippen LogP contribution in [0.5, 0.6) is 0 Å². The largest absolute Gasteiger partial charge is 0.461 e. The maximum absolute atomic E-state index is 11.7. The molecule has 4 heteroatoms. The Hall–Kier alpha value is -2.88. The van der Waals surface area contributed by atoms with Crippen molar-refractivity contribution in [2.45, 2.75) is 6.92 Å². The highest BCUT2D eigenvalue weighted by atomic mass is 16.5. The van der Waals surface area contributed by atoms with Gasteiger partial charge in [-0.15, -0.1) is 0 Å². The lowest BCUT2D eigenvalue weighted by atomic mass is 10.1. The maximum Gasteiger partial charge on any atom is 0.358 e. The number of imidazole rings is 1. The third-order valence-electron chi connectivity index (χ3n) is 3.32. The number of hydrogen-bond donors (Lipinski definition) is 0. The number of esters is 1. The van der Waals surface area contributed by atoms with Crippen molar-refractivity contribution in [3.05, 3.63) is 72.8 Å². The fourth-order valence-electron chi connectivity index (χ4n) is 2.25. The van der Waals surface area contributed by atoms with E-state index in [-0.39, 0.29) is 0 Å². The summed E-state index contributed by atoms with van der Waals surface area (Å²) in [6, 6.07) is 18.2. The zero-order chi connectivity index (χ0) is 15.4. The smallest absolute Gasteiger partial charge is 0.358 e. The zero-order valence-corrected chi connectivity index (χ0v) is 12.3. The molecule has 0 amide bonds. The summed E-state index contributed by atoms with van der Waals surface area (Å²) in [5, 5.41) is 0. The van der Waals surface area contributed by atoms with E-state index in [1.165, 1.54) is 0 Å². The lowest BCUT2D eigenvalue weighted by molar-refractivity contribution is 0.0520. The third-order valence-corrected chi connectivity index (χ3v) is 3.32. The molecule has 2 aromatic carbocycles. The van der Waals surface area contributed by atoms with Gasteiger partial charge >= 0.3 is 5.97 Å². The van der Waals surface area contributed by atoms with Crippen LogP contribution in [0.4, 0.5) is 0 Å². The van der Waals surface area contributed by atoms with Gasteiger partial charge in [0.25, 0.3) is 0 Å². The predicted molar refractivity (Wildman–Crippen MR) is 85.0 cm³/mol. The van der Waals surface area contributed by atoms with E-state index < -0.39 is 5.97 Å². The van der Waals surface area contributed by atoms with Crippen LogP contribution in [0.25, 0.3) is 16.8 Å². The Morgan fingerprint density at radius 2 is 1.86 bits per heavy atom. The second-order valence-electron chi connectivity index (χ2n) is 4.80. The van der Waals surface area contributed by atoms with Crippen molar-refractivity contribution < 1.29 is 9.53 Å². The first-order valence-electron chi connectivity index (χ1n) is 7.15. The Kier molecular flexibility index (Phi) is 4.01. The molecule has 0 aliphatic rings. The lowest BCUT2D eigenvalue weighted by Crippen LogP contribution is -2.04. The van der Waals surface area contributed by atoms with E-state index in [2.05, 4.69) is 29.2 Å². The molecular formula is C18H16N2O2. The first kappa shape index (κ1) is 14.1. The highest BCUT2D eigenvalue weighted by Gasteiger charge is 2.10. The molecule has 0 unspecified atom stereocenters. The zero-order valence-electron chi connectivity index (χ0n) is 12.3. The minimum Gasteiger partial charge on any atom is -0.461 e. The summed E-state index contributed by atoms with van der Waals surface area (Å²) in [6.07, 6.45) is 3.30. The molecule has 0 N–H and O–H groups in total. The van der Waals surface area contributed by atoms with Crippen molar-refractivity contribution >= 4 is 5.97 Å². The van der Waals surface area contributed by atoms with Crippen LogP contribution in [0.15, 0.2) is 67.1 Å². The number of carbonyl (C=O) groups excluding carboxylic acids is 1. The molecular weight excluding hydrogens is 276 g/mol. The van der Waals surface area contributed by atoms with Gasteiger partial charge in [-0.25, -0.2) is 9.78 Å². The van der Waals surface area contributed by atoms with Gasteiger partial charge in [0.15, 0.2) is 5.69 Å². The predicted octanol–water partition coefficient (Wildman–Crippen LogP) is 3.72. The normalized spacial score (nSPS) is 10.4. The van der Waals surface area contributed by atoms with Gasteiger partial charge in [-0.05, 0) is 30.2 Å². The van der Waals surface area contributed by atoms with Crippen LogP contribution in [0.3, 0.4) is 0 Å². The quantitative estimate of drug-likeness (QED) is 0.688. The fourth-order valence-corrected chi connectivity index (χ4v) is 2.25. The van der Waals surface area contributed by atoms with Crippen molar-refractivity contribution in [1.82, 2.24) is 9.55 Å². The van der Waals surface area contributed by atoms with Crippen LogP contribution in [0, 0.1) is 0 Å². The van der Waals surface area contributed by atoms with Crippen molar-refractivity contribution in [2.24, 2.45) is 0 Å². The number of rotatable bonds is 4. The topological polar surface area (TPSA) is 44.1 Å². The number of nitrogens with zero attached hydrogens (tertiary/aromatic N) is 2. The molecule has 0 radical (unpaired) electrons. The van der Waals surface area contributed by atoms with Crippen molar-refractivity contribution in [2.75, 3.05) is 6.61 Å². The van der Waals surface area contributed by atoms with Crippen LogP contribution in [-0.4, -0.2) is 22.1 Å². The van der Waals surface area contributed by atoms with Crippen molar-refractivity contribution in [3.63, 3.8) is 0 Å². The van der Waals surface area contributed by atoms with Gasteiger partial charge in [0.2, 0.25) is 0 Å². The Balaban J connectivity index is 1.91. The van der Waals surface area contributed by atoms with E-state index in [0.29, 0.717) is 12.3 Å². The summed E-state index contributed by atoms with van der Waals surface area (Å²) in [4.78, 5) is 15.8. The first-order chi connectivity index (χ1) is 10.8.